The molecule has 0 unspecified atom stereocenters. The van der Waals surface area contributed by atoms with Gasteiger partial charge < -0.3 is 5.11 Å². The van der Waals surface area contributed by atoms with Crippen molar-refractivity contribution in [2.45, 2.75) is 0 Å². The smallest absolute Gasteiger partial charge is 0.355 e. The first-order valence-electron chi connectivity index (χ1n) is 5.50. The maximum atomic E-state index is 13.7. The number of hydrogen-bond acceptors (Lipinski definition) is 3. The molecule has 1 N–H and O–H groups in total. The van der Waals surface area contributed by atoms with Crippen LogP contribution in [0.25, 0.3) is 17.0 Å². The molecule has 0 aromatic carbocycles. The first-order chi connectivity index (χ1) is 9.18. The molecule has 94 valence electrons. The number of aromatic carboxylic acids is 1. The van der Waals surface area contributed by atoms with E-state index >= 15 is 0 Å². The Morgan fingerprint density at radius 3 is 2.79 bits per heavy atom. The van der Waals surface area contributed by atoms with Crippen LogP contribution in [-0.4, -0.2) is 25.4 Å². The number of nitrogens with zero attached hydrogens (tertiary/aromatic N) is 3. The lowest BCUT2D eigenvalue weighted by Gasteiger charge is -1.99. The van der Waals surface area contributed by atoms with E-state index in [0.717, 1.165) is 0 Å². The average Bonchev–Trinajstić information content (AvgIpc) is 2.81. The summed E-state index contributed by atoms with van der Waals surface area (Å²) in [5.41, 5.74) is 0.412. The highest BCUT2D eigenvalue weighted by Gasteiger charge is 2.21. The Bertz CT molecular complexity index is 768. The van der Waals surface area contributed by atoms with Crippen LogP contribution in [0.5, 0.6) is 0 Å². The minimum absolute atomic E-state index is 0.0273. The van der Waals surface area contributed by atoms with E-state index in [4.69, 9.17) is 0 Å². The van der Waals surface area contributed by atoms with Crippen LogP contribution in [0.2, 0.25) is 0 Å². The summed E-state index contributed by atoms with van der Waals surface area (Å²) in [6.45, 7) is 0. The number of carboxylic acids is 1. The molecular formula is C13H8FN3O2. The van der Waals surface area contributed by atoms with Gasteiger partial charge in [-0.15, -0.1) is 0 Å². The number of fused-ring (bicyclic) bond motifs is 1. The molecular weight excluding hydrogens is 249 g/mol. The SMILES string of the molecule is O=C(O)c1c(-c2ccccn2)nc2c(F)cccn12. The van der Waals surface area contributed by atoms with Gasteiger partial charge in [0.2, 0.25) is 0 Å². The molecule has 6 heteroatoms. The maximum absolute atomic E-state index is 13.7. The van der Waals surface area contributed by atoms with Crippen LogP contribution < -0.4 is 0 Å². The van der Waals surface area contributed by atoms with Gasteiger partial charge in [0.15, 0.2) is 17.2 Å². The number of rotatable bonds is 2. The van der Waals surface area contributed by atoms with Crippen molar-refractivity contribution in [1.82, 2.24) is 14.4 Å². The van der Waals surface area contributed by atoms with Crippen LogP contribution >= 0.6 is 0 Å². The van der Waals surface area contributed by atoms with Gasteiger partial charge in [0.25, 0.3) is 0 Å². The van der Waals surface area contributed by atoms with Crippen molar-refractivity contribution in [3.63, 3.8) is 0 Å². The highest BCUT2D eigenvalue weighted by molar-refractivity contribution is 5.94. The lowest BCUT2D eigenvalue weighted by Crippen LogP contribution is -2.04. The molecule has 3 heterocycles. The van der Waals surface area contributed by atoms with Crippen molar-refractivity contribution < 1.29 is 14.3 Å². The number of halogens is 1. The maximum Gasteiger partial charge on any atom is 0.355 e. The number of carbonyl (C=O) groups is 1. The van der Waals surface area contributed by atoms with Gasteiger partial charge in [-0.05, 0) is 24.3 Å². The predicted octanol–water partition coefficient (Wildman–Crippen LogP) is 2.23. The van der Waals surface area contributed by atoms with E-state index in [-0.39, 0.29) is 17.0 Å². The Labute approximate surface area is 107 Å². The van der Waals surface area contributed by atoms with E-state index in [1.165, 1.54) is 28.9 Å². The van der Waals surface area contributed by atoms with E-state index in [1.807, 2.05) is 0 Å². The number of aromatic nitrogens is 3. The molecule has 0 atom stereocenters. The number of pyridine rings is 2. The fourth-order valence-electron chi connectivity index (χ4n) is 1.92. The second-order valence-corrected chi connectivity index (χ2v) is 3.88. The zero-order valence-corrected chi connectivity index (χ0v) is 9.62. The van der Waals surface area contributed by atoms with Crippen molar-refractivity contribution in [2.24, 2.45) is 0 Å². The van der Waals surface area contributed by atoms with E-state index in [9.17, 15) is 14.3 Å². The first kappa shape index (κ1) is 11.3. The monoisotopic (exact) mass is 257 g/mol. The molecule has 0 spiro atoms. The van der Waals surface area contributed by atoms with Gasteiger partial charge in [-0.2, -0.15) is 0 Å². The Morgan fingerprint density at radius 1 is 1.26 bits per heavy atom. The van der Waals surface area contributed by atoms with Crippen molar-refractivity contribution in [2.75, 3.05) is 0 Å². The van der Waals surface area contributed by atoms with Gasteiger partial charge in [-0.3, -0.25) is 9.38 Å². The third-order valence-electron chi connectivity index (χ3n) is 2.71. The number of imidazole rings is 1. The van der Waals surface area contributed by atoms with Crippen LogP contribution in [0.4, 0.5) is 4.39 Å². The molecule has 3 rings (SSSR count). The predicted molar refractivity (Wildman–Crippen MR) is 65.3 cm³/mol. The Hall–Kier alpha value is -2.76. The molecule has 0 aliphatic rings. The lowest BCUT2D eigenvalue weighted by atomic mass is 10.2. The van der Waals surface area contributed by atoms with Gasteiger partial charge in [-0.25, -0.2) is 14.2 Å². The number of carboxylic acid groups (broad SMARTS) is 1. The van der Waals surface area contributed by atoms with Gasteiger partial charge in [0.05, 0.1) is 5.69 Å². The average molecular weight is 257 g/mol. The van der Waals surface area contributed by atoms with Crippen molar-refractivity contribution in [1.29, 1.82) is 0 Å². The lowest BCUT2D eigenvalue weighted by molar-refractivity contribution is 0.0690. The zero-order valence-electron chi connectivity index (χ0n) is 9.62. The largest absolute Gasteiger partial charge is 0.476 e. The molecule has 0 aliphatic heterocycles. The second-order valence-electron chi connectivity index (χ2n) is 3.88. The van der Waals surface area contributed by atoms with Gasteiger partial charge in [0, 0.05) is 12.4 Å². The van der Waals surface area contributed by atoms with Crippen LogP contribution in [0, 0.1) is 5.82 Å². The molecule has 3 aromatic heterocycles. The topological polar surface area (TPSA) is 67.5 Å². The summed E-state index contributed by atoms with van der Waals surface area (Å²) < 4.78 is 14.9. The van der Waals surface area contributed by atoms with E-state index in [0.29, 0.717) is 5.69 Å². The van der Waals surface area contributed by atoms with Crippen LogP contribution in [0.15, 0.2) is 42.7 Å². The highest BCUT2D eigenvalue weighted by atomic mass is 19.1. The summed E-state index contributed by atoms with van der Waals surface area (Å²) in [5.74, 6) is -1.76. The van der Waals surface area contributed by atoms with Crippen LogP contribution in [0.3, 0.4) is 0 Å². The minimum atomic E-state index is -1.18. The summed E-state index contributed by atoms with van der Waals surface area (Å²) in [7, 11) is 0. The number of hydrogen-bond donors (Lipinski definition) is 1. The van der Waals surface area contributed by atoms with Crippen molar-refractivity contribution in [3.05, 3.63) is 54.2 Å². The standard InChI is InChI=1S/C13H8FN3O2/c14-8-4-3-7-17-11(13(18)19)10(16-12(8)17)9-5-1-2-6-15-9/h1-7H,(H,18,19). The first-order valence-corrected chi connectivity index (χ1v) is 5.50. The van der Waals surface area contributed by atoms with E-state index < -0.39 is 11.8 Å². The van der Waals surface area contributed by atoms with Crippen LogP contribution in [0.1, 0.15) is 10.5 Å². The third-order valence-corrected chi connectivity index (χ3v) is 2.71. The third kappa shape index (κ3) is 1.74. The summed E-state index contributed by atoms with van der Waals surface area (Å²) in [5, 5.41) is 9.29. The molecule has 5 nitrogen and oxygen atoms in total. The molecule has 0 fully saturated rings. The summed E-state index contributed by atoms with van der Waals surface area (Å²) in [4.78, 5) is 19.5. The normalized spacial score (nSPS) is 10.8. The molecule has 0 saturated carbocycles. The highest BCUT2D eigenvalue weighted by Crippen LogP contribution is 2.23. The van der Waals surface area contributed by atoms with E-state index in [2.05, 4.69) is 9.97 Å². The molecule has 0 aliphatic carbocycles. The van der Waals surface area contributed by atoms with Crippen molar-refractivity contribution in [3.8, 4) is 11.4 Å². The zero-order chi connectivity index (χ0) is 13.4. The Kier molecular flexibility index (Phi) is 2.49. The fraction of sp³-hybridized carbons (Fsp3) is 0. The van der Waals surface area contributed by atoms with Crippen molar-refractivity contribution >= 4 is 11.6 Å². The molecule has 3 aromatic rings. The summed E-state index contributed by atoms with van der Waals surface area (Å²) >= 11 is 0. The quantitative estimate of drug-likeness (QED) is 0.764. The van der Waals surface area contributed by atoms with E-state index in [1.54, 1.807) is 18.2 Å². The Balaban J connectivity index is 2.39. The summed E-state index contributed by atoms with van der Waals surface area (Å²) in [6.07, 6.45) is 2.99. The molecule has 0 saturated heterocycles. The minimum Gasteiger partial charge on any atom is -0.476 e. The fourth-order valence-corrected chi connectivity index (χ4v) is 1.92. The van der Waals surface area contributed by atoms with Gasteiger partial charge in [0.1, 0.15) is 5.69 Å². The molecule has 0 amide bonds. The van der Waals surface area contributed by atoms with Gasteiger partial charge in [-0.1, -0.05) is 6.07 Å². The summed E-state index contributed by atoms with van der Waals surface area (Å²) in [6, 6.07) is 7.72. The molecule has 19 heavy (non-hydrogen) atoms. The van der Waals surface area contributed by atoms with Gasteiger partial charge >= 0.3 is 5.97 Å². The van der Waals surface area contributed by atoms with Crippen LogP contribution in [-0.2, 0) is 0 Å². The Morgan fingerprint density at radius 2 is 2.11 bits per heavy atom. The molecule has 0 bridgehead atoms. The molecule has 0 radical (unpaired) electrons. The second kappa shape index (κ2) is 4.16.